The quantitative estimate of drug-likeness (QED) is 0.211. The van der Waals surface area contributed by atoms with Crippen LogP contribution in [0.25, 0.3) is 0 Å². The molecule has 1 unspecified atom stereocenters. The molecule has 0 aliphatic heterocycles. The van der Waals surface area contributed by atoms with Crippen LogP contribution in [0.5, 0.6) is 0 Å². The van der Waals surface area contributed by atoms with Gasteiger partial charge in [0.25, 0.3) is 0 Å². The molecule has 0 bridgehead atoms. The number of carbonyl (C=O) groups is 2. The van der Waals surface area contributed by atoms with Gasteiger partial charge in [0.15, 0.2) is 0 Å². The third-order valence-electron chi connectivity index (χ3n) is 5.07. The van der Waals surface area contributed by atoms with Crippen LogP contribution in [0.2, 0.25) is 0 Å². The summed E-state index contributed by atoms with van der Waals surface area (Å²) in [6.07, 6.45) is 12.7. The molecule has 0 saturated heterocycles. The molecular formula is C23H45NO6. The van der Waals surface area contributed by atoms with Gasteiger partial charge in [0.2, 0.25) is 5.91 Å². The predicted octanol–water partition coefficient (Wildman–Crippen LogP) is 4.06. The molecule has 0 fully saturated rings. The molecule has 7 nitrogen and oxygen atoms in total. The molecule has 0 saturated carbocycles. The van der Waals surface area contributed by atoms with Crippen molar-refractivity contribution in [2.24, 2.45) is 0 Å². The monoisotopic (exact) mass is 431 g/mol. The number of hydrogen-bond acceptors (Lipinski definition) is 5. The second kappa shape index (κ2) is 22.5. The van der Waals surface area contributed by atoms with E-state index < -0.39 is 5.97 Å². The minimum Gasteiger partial charge on any atom is -0.481 e. The summed E-state index contributed by atoms with van der Waals surface area (Å²) in [7, 11) is 0. The van der Waals surface area contributed by atoms with Gasteiger partial charge in [-0.15, -0.1) is 0 Å². The Bertz CT molecular complexity index is 405. The number of rotatable bonds is 23. The Labute approximate surface area is 182 Å². The molecule has 1 atom stereocenters. The van der Waals surface area contributed by atoms with E-state index in [1.54, 1.807) is 0 Å². The standard InChI is InChI=1S/C23H45NO6/c1-2-29-19-20-30-18-16-22(26)24-21(14-10-6-4-8-12-17-25)13-9-5-3-7-11-15-23(27)28/h21,25H,2-20H2,1H3,(H,24,26)(H,27,28). The first-order valence-corrected chi connectivity index (χ1v) is 11.9. The second-order valence-electron chi connectivity index (χ2n) is 7.80. The number of amides is 1. The Morgan fingerprint density at radius 2 is 1.33 bits per heavy atom. The molecule has 0 aliphatic rings. The Kier molecular flexibility index (Phi) is 21.6. The maximum absolute atomic E-state index is 12.2. The lowest BCUT2D eigenvalue weighted by molar-refractivity contribution is -0.137. The first kappa shape index (κ1) is 28.8. The van der Waals surface area contributed by atoms with E-state index in [-0.39, 0.29) is 25.0 Å². The van der Waals surface area contributed by atoms with E-state index in [4.69, 9.17) is 19.7 Å². The van der Waals surface area contributed by atoms with Crippen LogP contribution in [0.1, 0.15) is 96.8 Å². The lowest BCUT2D eigenvalue weighted by Gasteiger charge is -2.19. The molecule has 0 aliphatic carbocycles. The van der Waals surface area contributed by atoms with Gasteiger partial charge in [0.1, 0.15) is 0 Å². The van der Waals surface area contributed by atoms with E-state index in [1.165, 1.54) is 0 Å². The Hall–Kier alpha value is -1.18. The fourth-order valence-corrected chi connectivity index (χ4v) is 3.35. The molecule has 30 heavy (non-hydrogen) atoms. The lowest BCUT2D eigenvalue weighted by atomic mass is 10.00. The van der Waals surface area contributed by atoms with Crippen molar-refractivity contribution in [3.8, 4) is 0 Å². The van der Waals surface area contributed by atoms with Gasteiger partial charge in [0, 0.05) is 32.1 Å². The van der Waals surface area contributed by atoms with Crippen LogP contribution in [-0.2, 0) is 19.1 Å². The normalized spacial score (nSPS) is 12.1. The van der Waals surface area contributed by atoms with Crippen LogP contribution in [0, 0.1) is 0 Å². The highest BCUT2D eigenvalue weighted by Gasteiger charge is 2.12. The zero-order valence-corrected chi connectivity index (χ0v) is 19.0. The lowest BCUT2D eigenvalue weighted by Crippen LogP contribution is -2.35. The molecule has 0 radical (unpaired) electrons. The van der Waals surface area contributed by atoms with Gasteiger partial charge >= 0.3 is 5.97 Å². The van der Waals surface area contributed by atoms with Crippen molar-refractivity contribution in [3.63, 3.8) is 0 Å². The van der Waals surface area contributed by atoms with Gasteiger partial charge in [-0.3, -0.25) is 9.59 Å². The van der Waals surface area contributed by atoms with Gasteiger partial charge in [0.05, 0.1) is 19.8 Å². The fourth-order valence-electron chi connectivity index (χ4n) is 3.35. The zero-order valence-electron chi connectivity index (χ0n) is 19.0. The number of carboxylic acid groups (broad SMARTS) is 1. The number of carbonyl (C=O) groups excluding carboxylic acids is 1. The smallest absolute Gasteiger partial charge is 0.303 e. The zero-order chi connectivity index (χ0) is 22.3. The van der Waals surface area contributed by atoms with Crippen molar-refractivity contribution in [3.05, 3.63) is 0 Å². The fraction of sp³-hybridized carbons (Fsp3) is 0.913. The summed E-state index contributed by atoms with van der Waals surface area (Å²) < 4.78 is 10.6. The highest BCUT2D eigenvalue weighted by molar-refractivity contribution is 5.76. The van der Waals surface area contributed by atoms with E-state index >= 15 is 0 Å². The maximum atomic E-state index is 12.2. The van der Waals surface area contributed by atoms with E-state index in [0.29, 0.717) is 32.8 Å². The number of ether oxygens (including phenoxy) is 2. The largest absolute Gasteiger partial charge is 0.481 e. The minimum atomic E-state index is -0.723. The topological polar surface area (TPSA) is 105 Å². The van der Waals surface area contributed by atoms with Crippen LogP contribution < -0.4 is 5.32 Å². The first-order chi connectivity index (χ1) is 14.6. The third kappa shape index (κ3) is 21.5. The molecule has 0 rings (SSSR count). The molecule has 0 spiro atoms. The SMILES string of the molecule is CCOCCOCCC(=O)NC(CCCCCCCO)CCCCCCCC(=O)O. The Morgan fingerprint density at radius 3 is 1.93 bits per heavy atom. The Balaban J connectivity index is 4.04. The number of nitrogens with one attached hydrogen (secondary N) is 1. The van der Waals surface area contributed by atoms with Gasteiger partial charge in [-0.25, -0.2) is 0 Å². The average molecular weight is 432 g/mol. The van der Waals surface area contributed by atoms with E-state index in [0.717, 1.165) is 77.0 Å². The summed E-state index contributed by atoms with van der Waals surface area (Å²) in [6.45, 7) is 4.36. The summed E-state index contributed by atoms with van der Waals surface area (Å²) in [5.74, 6) is -0.684. The van der Waals surface area contributed by atoms with Crippen molar-refractivity contribution < 1.29 is 29.3 Å². The van der Waals surface area contributed by atoms with E-state index in [2.05, 4.69) is 5.32 Å². The van der Waals surface area contributed by atoms with E-state index in [1.807, 2.05) is 6.92 Å². The molecule has 1 amide bonds. The maximum Gasteiger partial charge on any atom is 0.303 e. The van der Waals surface area contributed by atoms with Gasteiger partial charge in [-0.2, -0.15) is 0 Å². The van der Waals surface area contributed by atoms with Gasteiger partial charge in [-0.05, 0) is 32.6 Å². The predicted molar refractivity (Wildman–Crippen MR) is 119 cm³/mol. The van der Waals surface area contributed by atoms with Crippen molar-refractivity contribution >= 4 is 11.9 Å². The number of hydrogen-bond donors (Lipinski definition) is 3. The summed E-state index contributed by atoms with van der Waals surface area (Å²) in [5.41, 5.74) is 0. The molecule has 0 aromatic rings. The summed E-state index contributed by atoms with van der Waals surface area (Å²) >= 11 is 0. The molecule has 178 valence electrons. The molecule has 0 aromatic heterocycles. The number of unbranched alkanes of at least 4 members (excludes halogenated alkanes) is 8. The summed E-state index contributed by atoms with van der Waals surface area (Å²) in [5, 5.41) is 20.7. The molecule has 0 heterocycles. The highest BCUT2D eigenvalue weighted by atomic mass is 16.5. The number of aliphatic hydroxyl groups excluding tert-OH is 1. The van der Waals surface area contributed by atoms with E-state index in [9.17, 15) is 9.59 Å². The molecule has 7 heteroatoms. The number of aliphatic carboxylic acids is 1. The highest BCUT2D eigenvalue weighted by Crippen LogP contribution is 2.14. The van der Waals surface area contributed by atoms with Crippen LogP contribution in [-0.4, -0.2) is 61.2 Å². The number of aliphatic hydroxyl groups is 1. The molecule has 0 aromatic carbocycles. The second-order valence-corrected chi connectivity index (χ2v) is 7.80. The van der Waals surface area contributed by atoms with Crippen molar-refractivity contribution in [2.45, 2.75) is 103 Å². The first-order valence-electron chi connectivity index (χ1n) is 11.9. The van der Waals surface area contributed by atoms with Crippen LogP contribution in [0.15, 0.2) is 0 Å². The Morgan fingerprint density at radius 1 is 0.767 bits per heavy atom. The summed E-state index contributed by atoms with van der Waals surface area (Å²) in [6, 6.07) is 0.192. The van der Waals surface area contributed by atoms with Crippen LogP contribution >= 0.6 is 0 Å². The molecule has 3 N–H and O–H groups in total. The van der Waals surface area contributed by atoms with Gasteiger partial charge < -0.3 is 25.0 Å². The number of carboxylic acids is 1. The minimum absolute atomic E-state index is 0.0400. The molecular weight excluding hydrogens is 386 g/mol. The van der Waals surface area contributed by atoms with Crippen molar-refractivity contribution in [1.29, 1.82) is 0 Å². The van der Waals surface area contributed by atoms with Crippen molar-refractivity contribution in [2.75, 3.05) is 33.0 Å². The van der Waals surface area contributed by atoms with Crippen LogP contribution in [0.4, 0.5) is 0 Å². The summed E-state index contributed by atoms with van der Waals surface area (Å²) in [4.78, 5) is 22.8. The third-order valence-corrected chi connectivity index (χ3v) is 5.07. The average Bonchev–Trinajstić information content (AvgIpc) is 2.71. The van der Waals surface area contributed by atoms with Crippen molar-refractivity contribution in [1.82, 2.24) is 5.32 Å². The van der Waals surface area contributed by atoms with Gasteiger partial charge in [-0.1, -0.05) is 51.4 Å². The van der Waals surface area contributed by atoms with Crippen LogP contribution in [0.3, 0.4) is 0 Å².